The van der Waals surface area contributed by atoms with E-state index in [1.807, 2.05) is 18.2 Å². The van der Waals surface area contributed by atoms with Crippen molar-refractivity contribution in [2.75, 3.05) is 13.1 Å². The topological polar surface area (TPSA) is 29.5 Å². The Hall–Kier alpha value is -2.09. The van der Waals surface area contributed by atoms with Crippen LogP contribution in [0.5, 0.6) is 0 Å². The lowest BCUT2D eigenvalue weighted by atomic mass is 9.96. The average molecular weight is 279 g/mol. The molecule has 1 aliphatic heterocycles. The van der Waals surface area contributed by atoms with Crippen molar-refractivity contribution in [1.29, 1.82) is 0 Å². The van der Waals surface area contributed by atoms with Crippen molar-refractivity contribution < 1.29 is 18.3 Å². The van der Waals surface area contributed by atoms with E-state index >= 15 is 0 Å². The van der Waals surface area contributed by atoms with E-state index in [0.29, 0.717) is 0 Å². The summed E-state index contributed by atoms with van der Waals surface area (Å²) in [5.74, 6) is -1.30. The lowest BCUT2D eigenvalue weighted by Gasteiger charge is -2.34. The maximum atomic E-state index is 13.5. The van der Waals surface area contributed by atoms with Crippen LogP contribution in [-0.2, 0) is 11.3 Å². The Labute approximate surface area is 116 Å². The van der Waals surface area contributed by atoms with E-state index in [0.717, 1.165) is 10.5 Å². The molecule has 0 N–H and O–H groups in total. The molecule has 106 valence electrons. The first-order valence-electron chi connectivity index (χ1n) is 6.30. The molecule has 1 aromatic rings. The summed E-state index contributed by atoms with van der Waals surface area (Å²) < 4.78 is 32.0. The van der Waals surface area contributed by atoms with Gasteiger partial charge in [0.25, 0.3) is 5.92 Å². The van der Waals surface area contributed by atoms with Crippen molar-refractivity contribution >= 4 is 6.09 Å². The van der Waals surface area contributed by atoms with Crippen LogP contribution in [-0.4, -0.2) is 30.0 Å². The number of likely N-dealkylation sites (tertiary alicyclic amines) is 1. The van der Waals surface area contributed by atoms with Crippen LogP contribution < -0.4 is 0 Å². The third-order valence-corrected chi connectivity index (χ3v) is 3.11. The number of halogens is 2. The number of carbonyl (C=O) groups excluding carboxylic acids is 1. The minimum atomic E-state index is -2.96. The predicted octanol–water partition coefficient (Wildman–Crippen LogP) is 2.91. The van der Waals surface area contributed by atoms with Gasteiger partial charge in [0.15, 0.2) is 0 Å². The fourth-order valence-electron chi connectivity index (χ4n) is 2.16. The molecular formula is C15H15F2NO2. The van der Waals surface area contributed by atoms with E-state index < -0.39 is 24.5 Å². The molecule has 1 atom stereocenters. The summed E-state index contributed by atoms with van der Waals surface area (Å²) in [7, 11) is 0. The Kier molecular flexibility index (Phi) is 4.23. The first-order chi connectivity index (χ1) is 9.50. The second-order valence-electron chi connectivity index (χ2n) is 4.84. The van der Waals surface area contributed by atoms with E-state index in [4.69, 9.17) is 11.2 Å². The van der Waals surface area contributed by atoms with Gasteiger partial charge in [-0.15, -0.1) is 12.3 Å². The lowest BCUT2D eigenvalue weighted by Crippen LogP contribution is -2.49. The van der Waals surface area contributed by atoms with E-state index in [2.05, 4.69) is 5.92 Å². The van der Waals surface area contributed by atoms with Gasteiger partial charge in [0.1, 0.15) is 6.61 Å². The van der Waals surface area contributed by atoms with Crippen LogP contribution in [0.2, 0.25) is 0 Å². The SMILES string of the molecule is C#CC1CN(C(=O)OCc2ccccc2)CC(F)(F)C1. The number of nitrogens with zero attached hydrogens (tertiary/aromatic N) is 1. The maximum absolute atomic E-state index is 13.5. The van der Waals surface area contributed by atoms with E-state index in [1.165, 1.54) is 0 Å². The minimum absolute atomic E-state index is 0.0580. The fraction of sp³-hybridized carbons (Fsp3) is 0.400. The average Bonchev–Trinajstić information content (AvgIpc) is 2.44. The van der Waals surface area contributed by atoms with Gasteiger partial charge in [0.05, 0.1) is 6.54 Å². The summed E-state index contributed by atoms with van der Waals surface area (Å²) >= 11 is 0. The van der Waals surface area contributed by atoms with Crippen molar-refractivity contribution in [2.24, 2.45) is 5.92 Å². The number of alkyl halides is 2. The van der Waals surface area contributed by atoms with E-state index in [-0.39, 0.29) is 19.6 Å². The second-order valence-corrected chi connectivity index (χ2v) is 4.84. The van der Waals surface area contributed by atoms with Crippen molar-refractivity contribution in [3.63, 3.8) is 0 Å². The molecule has 1 aromatic carbocycles. The number of amides is 1. The van der Waals surface area contributed by atoms with Crippen molar-refractivity contribution in [3.8, 4) is 12.3 Å². The molecule has 2 rings (SSSR count). The first-order valence-corrected chi connectivity index (χ1v) is 6.30. The monoisotopic (exact) mass is 279 g/mol. The molecule has 1 aliphatic rings. The standard InChI is InChI=1S/C15H15F2NO2/c1-2-12-8-15(16,17)11-18(9-12)14(19)20-10-13-6-4-3-5-7-13/h1,3-7,12H,8-11H2. The van der Waals surface area contributed by atoms with Gasteiger partial charge < -0.3 is 9.64 Å². The lowest BCUT2D eigenvalue weighted by molar-refractivity contribution is -0.0720. The van der Waals surface area contributed by atoms with Crippen LogP contribution >= 0.6 is 0 Å². The largest absolute Gasteiger partial charge is 0.445 e. The van der Waals surface area contributed by atoms with Crippen LogP contribution in [0.3, 0.4) is 0 Å². The number of hydrogen-bond acceptors (Lipinski definition) is 2. The number of hydrogen-bond donors (Lipinski definition) is 0. The smallest absolute Gasteiger partial charge is 0.410 e. The number of rotatable bonds is 2. The molecule has 20 heavy (non-hydrogen) atoms. The molecule has 1 saturated heterocycles. The second kappa shape index (κ2) is 5.91. The molecule has 1 heterocycles. The molecule has 0 saturated carbocycles. The molecule has 5 heteroatoms. The van der Waals surface area contributed by atoms with Gasteiger partial charge >= 0.3 is 6.09 Å². The van der Waals surface area contributed by atoms with Gasteiger partial charge in [0.2, 0.25) is 0 Å². The number of carbonyl (C=O) groups is 1. The molecule has 0 bridgehead atoms. The molecular weight excluding hydrogens is 264 g/mol. The zero-order valence-electron chi connectivity index (χ0n) is 10.9. The Balaban J connectivity index is 1.93. The van der Waals surface area contributed by atoms with Gasteiger partial charge in [-0.3, -0.25) is 0 Å². The summed E-state index contributed by atoms with van der Waals surface area (Å²) in [5.41, 5.74) is 0.804. The molecule has 0 aromatic heterocycles. The van der Waals surface area contributed by atoms with Crippen LogP contribution in [0, 0.1) is 18.3 Å². The minimum Gasteiger partial charge on any atom is -0.445 e. The van der Waals surface area contributed by atoms with Crippen LogP contribution in [0.25, 0.3) is 0 Å². The zero-order valence-corrected chi connectivity index (χ0v) is 10.9. The molecule has 0 aliphatic carbocycles. The van der Waals surface area contributed by atoms with Crippen molar-refractivity contribution in [2.45, 2.75) is 19.0 Å². The molecule has 0 spiro atoms. The highest BCUT2D eigenvalue weighted by molar-refractivity contribution is 5.68. The first kappa shape index (κ1) is 14.3. The van der Waals surface area contributed by atoms with Gasteiger partial charge in [-0.2, -0.15) is 0 Å². The molecule has 0 radical (unpaired) electrons. The summed E-state index contributed by atoms with van der Waals surface area (Å²) in [4.78, 5) is 12.8. The highest BCUT2D eigenvalue weighted by Gasteiger charge is 2.42. The van der Waals surface area contributed by atoms with E-state index in [1.54, 1.807) is 12.1 Å². The fourth-order valence-corrected chi connectivity index (χ4v) is 2.16. The summed E-state index contributed by atoms with van der Waals surface area (Å²) in [6, 6.07) is 9.05. The Morgan fingerprint density at radius 1 is 1.45 bits per heavy atom. The van der Waals surface area contributed by atoms with Crippen LogP contribution in [0.4, 0.5) is 13.6 Å². The third-order valence-electron chi connectivity index (χ3n) is 3.11. The van der Waals surface area contributed by atoms with Gasteiger partial charge in [-0.25, -0.2) is 13.6 Å². The van der Waals surface area contributed by atoms with Crippen LogP contribution in [0.1, 0.15) is 12.0 Å². The normalized spacial score (nSPS) is 21.1. The highest BCUT2D eigenvalue weighted by Crippen LogP contribution is 2.30. The Bertz CT molecular complexity index is 510. The van der Waals surface area contributed by atoms with Gasteiger partial charge in [-0.1, -0.05) is 30.3 Å². The highest BCUT2D eigenvalue weighted by atomic mass is 19.3. The Morgan fingerprint density at radius 3 is 2.80 bits per heavy atom. The quantitative estimate of drug-likeness (QED) is 0.779. The van der Waals surface area contributed by atoms with Gasteiger partial charge in [0, 0.05) is 18.9 Å². The van der Waals surface area contributed by atoms with Crippen molar-refractivity contribution in [3.05, 3.63) is 35.9 Å². The number of piperidine rings is 1. The number of ether oxygens (including phenoxy) is 1. The molecule has 1 unspecified atom stereocenters. The number of terminal acetylenes is 1. The van der Waals surface area contributed by atoms with E-state index in [9.17, 15) is 13.6 Å². The van der Waals surface area contributed by atoms with Crippen molar-refractivity contribution in [1.82, 2.24) is 4.90 Å². The van der Waals surface area contributed by atoms with Crippen LogP contribution in [0.15, 0.2) is 30.3 Å². The summed E-state index contributed by atoms with van der Waals surface area (Å²) in [5, 5.41) is 0. The maximum Gasteiger partial charge on any atom is 0.410 e. The summed E-state index contributed by atoms with van der Waals surface area (Å²) in [6.07, 6.45) is 4.05. The summed E-state index contributed by atoms with van der Waals surface area (Å²) in [6.45, 7) is -0.471. The third kappa shape index (κ3) is 3.70. The molecule has 3 nitrogen and oxygen atoms in total. The number of benzene rings is 1. The predicted molar refractivity (Wildman–Crippen MR) is 70.1 cm³/mol. The van der Waals surface area contributed by atoms with Gasteiger partial charge in [-0.05, 0) is 5.56 Å². The Morgan fingerprint density at radius 2 is 2.15 bits per heavy atom. The zero-order chi connectivity index (χ0) is 14.6. The molecule has 1 fully saturated rings. The molecule has 1 amide bonds.